The van der Waals surface area contributed by atoms with Gasteiger partial charge in [0.1, 0.15) is 11.5 Å². The van der Waals surface area contributed by atoms with Crippen molar-refractivity contribution in [2.24, 2.45) is 0 Å². The van der Waals surface area contributed by atoms with Gasteiger partial charge in [-0.2, -0.15) is 0 Å². The van der Waals surface area contributed by atoms with Gasteiger partial charge >= 0.3 is 0 Å². The van der Waals surface area contributed by atoms with E-state index in [1.165, 1.54) is 6.08 Å². The standard InChI is InChI=1S/C13H14O3/c1-13(2)12(14)8-11(16-13)9-6-4-5-7-10(9)15-3/h4-8H,1-3H3. The molecule has 0 saturated heterocycles. The lowest BCUT2D eigenvalue weighted by molar-refractivity contribution is -0.125. The van der Waals surface area contributed by atoms with E-state index < -0.39 is 5.60 Å². The van der Waals surface area contributed by atoms with Crippen LogP contribution in [0.25, 0.3) is 5.76 Å². The minimum atomic E-state index is -0.768. The van der Waals surface area contributed by atoms with Gasteiger partial charge in [-0.25, -0.2) is 0 Å². The molecule has 84 valence electrons. The second kappa shape index (κ2) is 3.67. The van der Waals surface area contributed by atoms with Crippen LogP contribution in [0.2, 0.25) is 0 Å². The van der Waals surface area contributed by atoms with Crippen molar-refractivity contribution in [1.29, 1.82) is 0 Å². The van der Waals surface area contributed by atoms with Crippen LogP contribution in [-0.4, -0.2) is 18.5 Å². The topological polar surface area (TPSA) is 35.5 Å². The lowest BCUT2D eigenvalue weighted by atomic mass is 10.1. The number of carbonyl (C=O) groups excluding carboxylic acids is 1. The molecular weight excluding hydrogens is 204 g/mol. The highest BCUT2D eigenvalue weighted by Gasteiger charge is 2.36. The van der Waals surface area contributed by atoms with Crippen LogP contribution in [0, 0.1) is 0 Å². The lowest BCUT2D eigenvalue weighted by Crippen LogP contribution is -2.27. The monoisotopic (exact) mass is 218 g/mol. The maximum absolute atomic E-state index is 11.6. The number of hydrogen-bond donors (Lipinski definition) is 0. The third-order valence-corrected chi connectivity index (χ3v) is 2.59. The van der Waals surface area contributed by atoms with Gasteiger partial charge in [-0.15, -0.1) is 0 Å². The van der Waals surface area contributed by atoms with Crippen LogP contribution in [0.3, 0.4) is 0 Å². The van der Waals surface area contributed by atoms with E-state index in [-0.39, 0.29) is 5.78 Å². The molecular formula is C13H14O3. The van der Waals surface area contributed by atoms with Crippen molar-refractivity contribution in [3.63, 3.8) is 0 Å². The van der Waals surface area contributed by atoms with E-state index in [9.17, 15) is 4.79 Å². The minimum Gasteiger partial charge on any atom is -0.496 e. The third-order valence-electron chi connectivity index (χ3n) is 2.59. The summed E-state index contributed by atoms with van der Waals surface area (Å²) in [5.41, 5.74) is 0.0415. The van der Waals surface area contributed by atoms with E-state index in [0.717, 1.165) is 5.56 Å². The van der Waals surface area contributed by atoms with Gasteiger partial charge in [0.2, 0.25) is 5.78 Å². The van der Waals surface area contributed by atoms with Crippen LogP contribution >= 0.6 is 0 Å². The Morgan fingerprint density at radius 2 is 1.94 bits per heavy atom. The number of carbonyl (C=O) groups is 1. The number of hydrogen-bond acceptors (Lipinski definition) is 3. The highest BCUT2D eigenvalue weighted by Crippen LogP contribution is 2.35. The Labute approximate surface area is 94.7 Å². The van der Waals surface area contributed by atoms with Crippen molar-refractivity contribution >= 4 is 11.5 Å². The number of ketones is 1. The minimum absolute atomic E-state index is 0.0200. The number of ether oxygens (including phenoxy) is 2. The Bertz CT molecular complexity index is 458. The molecule has 0 atom stereocenters. The molecule has 2 rings (SSSR count). The first-order valence-corrected chi connectivity index (χ1v) is 5.13. The first kappa shape index (κ1) is 10.7. The molecule has 16 heavy (non-hydrogen) atoms. The van der Waals surface area contributed by atoms with E-state index in [0.29, 0.717) is 11.5 Å². The summed E-state index contributed by atoms with van der Waals surface area (Å²) in [6.07, 6.45) is 1.53. The van der Waals surface area contributed by atoms with Crippen molar-refractivity contribution in [1.82, 2.24) is 0 Å². The molecule has 0 fully saturated rings. The molecule has 0 aromatic heterocycles. The Balaban J connectivity index is 2.40. The van der Waals surface area contributed by atoms with Gasteiger partial charge in [0.25, 0.3) is 0 Å². The normalized spacial score (nSPS) is 17.9. The molecule has 1 aromatic carbocycles. The second-order valence-corrected chi connectivity index (χ2v) is 4.19. The second-order valence-electron chi connectivity index (χ2n) is 4.19. The Kier molecular flexibility index (Phi) is 2.46. The van der Waals surface area contributed by atoms with Gasteiger partial charge in [0.15, 0.2) is 5.60 Å². The summed E-state index contributed by atoms with van der Waals surface area (Å²) in [5, 5.41) is 0. The third kappa shape index (κ3) is 1.69. The first-order chi connectivity index (χ1) is 7.54. The predicted molar refractivity (Wildman–Crippen MR) is 61.1 cm³/mol. The summed E-state index contributed by atoms with van der Waals surface area (Å²) in [6, 6.07) is 7.48. The van der Waals surface area contributed by atoms with Crippen molar-refractivity contribution in [2.75, 3.05) is 7.11 Å². The van der Waals surface area contributed by atoms with Crippen LogP contribution in [0.15, 0.2) is 30.3 Å². The quantitative estimate of drug-likeness (QED) is 0.764. The number of benzene rings is 1. The van der Waals surface area contributed by atoms with Crippen LogP contribution in [0.4, 0.5) is 0 Å². The fraction of sp³-hybridized carbons (Fsp3) is 0.308. The average molecular weight is 218 g/mol. The van der Waals surface area contributed by atoms with Crippen molar-refractivity contribution in [3.8, 4) is 5.75 Å². The molecule has 0 saturated carbocycles. The summed E-state index contributed by atoms with van der Waals surface area (Å²) in [5.74, 6) is 1.26. The molecule has 1 heterocycles. The maximum Gasteiger partial charge on any atom is 0.202 e. The molecule has 3 heteroatoms. The molecule has 0 spiro atoms. The summed E-state index contributed by atoms with van der Waals surface area (Å²) >= 11 is 0. The fourth-order valence-electron chi connectivity index (χ4n) is 1.63. The molecule has 0 bridgehead atoms. The van der Waals surface area contributed by atoms with Gasteiger partial charge in [-0.05, 0) is 26.0 Å². The zero-order valence-electron chi connectivity index (χ0n) is 9.61. The van der Waals surface area contributed by atoms with Crippen molar-refractivity contribution in [2.45, 2.75) is 19.4 Å². The molecule has 0 radical (unpaired) electrons. The average Bonchev–Trinajstić information content (AvgIpc) is 2.53. The smallest absolute Gasteiger partial charge is 0.202 e. The summed E-state index contributed by atoms with van der Waals surface area (Å²) < 4.78 is 10.9. The van der Waals surface area contributed by atoms with Crippen molar-refractivity contribution < 1.29 is 14.3 Å². The van der Waals surface area contributed by atoms with E-state index >= 15 is 0 Å². The van der Waals surface area contributed by atoms with Gasteiger partial charge in [0.05, 0.1) is 12.7 Å². The van der Waals surface area contributed by atoms with Gasteiger partial charge in [-0.1, -0.05) is 12.1 Å². The van der Waals surface area contributed by atoms with E-state index in [4.69, 9.17) is 9.47 Å². The predicted octanol–water partition coefficient (Wildman–Crippen LogP) is 2.41. The highest BCUT2D eigenvalue weighted by molar-refractivity contribution is 6.05. The van der Waals surface area contributed by atoms with Crippen LogP contribution in [0.5, 0.6) is 5.75 Å². The number of para-hydroxylation sites is 1. The van der Waals surface area contributed by atoms with Crippen LogP contribution in [0.1, 0.15) is 19.4 Å². The van der Waals surface area contributed by atoms with E-state index in [1.807, 2.05) is 24.3 Å². The Hall–Kier alpha value is -1.77. The first-order valence-electron chi connectivity index (χ1n) is 5.13. The molecule has 1 aliphatic rings. The highest BCUT2D eigenvalue weighted by atomic mass is 16.5. The van der Waals surface area contributed by atoms with Crippen LogP contribution < -0.4 is 4.74 Å². The zero-order chi connectivity index (χ0) is 11.8. The number of rotatable bonds is 2. The molecule has 1 aliphatic heterocycles. The van der Waals surface area contributed by atoms with Gasteiger partial charge < -0.3 is 9.47 Å². The van der Waals surface area contributed by atoms with E-state index in [2.05, 4.69) is 0 Å². The van der Waals surface area contributed by atoms with Crippen molar-refractivity contribution in [3.05, 3.63) is 35.9 Å². The maximum atomic E-state index is 11.6. The van der Waals surface area contributed by atoms with Gasteiger partial charge in [-0.3, -0.25) is 4.79 Å². The Morgan fingerprint density at radius 3 is 2.50 bits per heavy atom. The fourth-order valence-corrected chi connectivity index (χ4v) is 1.63. The molecule has 3 nitrogen and oxygen atoms in total. The summed E-state index contributed by atoms with van der Waals surface area (Å²) in [7, 11) is 1.60. The Morgan fingerprint density at radius 1 is 1.25 bits per heavy atom. The molecule has 0 amide bonds. The molecule has 0 unspecified atom stereocenters. The lowest BCUT2D eigenvalue weighted by Gasteiger charge is -2.18. The molecule has 1 aromatic rings. The largest absolute Gasteiger partial charge is 0.496 e. The SMILES string of the molecule is COc1ccccc1C1=CC(=O)C(C)(C)O1. The summed E-state index contributed by atoms with van der Waals surface area (Å²) in [4.78, 5) is 11.6. The zero-order valence-corrected chi connectivity index (χ0v) is 9.61. The molecule has 0 N–H and O–H groups in total. The van der Waals surface area contributed by atoms with Crippen LogP contribution in [-0.2, 0) is 9.53 Å². The summed E-state index contributed by atoms with van der Waals surface area (Å²) in [6.45, 7) is 3.52. The number of methoxy groups -OCH3 is 1. The van der Waals surface area contributed by atoms with E-state index in [1.54, 1.807) is 21.0 Å². The van der Waals surface area contributed by atoms with Gasteiger partial charge in [0, 0.05) is 6.08 Å². The molecule has 0 aliphatic carbocycles.